The molecule has 35 heavy (non-hydrogen) atoms. The summed E-state index contributed by atoms with van der Waals surface area (Å²) in [6, 6.07) is 0. The molecule has 0 N–H and O–H groups in total. The number of allylic oxidation sites excluding steroid dienone is 6. The summed E-state index contributed by atoms with van der Waals surface area (Å²) in [5.41, 5.74) is 0. The number of hydrogen-bond donors (Lipinski definition) is 0. The Morgan fingerprint density at radius 3 is 1.49 bits per heavy atom. The number of nitrogens with zero attached hydrogens (tertiary/aromatic N) is 1. The minimum Gasteiger partial charge on any atom is -0.309 e. The van der Waals surface area contributed by atoms with E-state index < -0.39 is 0 Å². The van der Waals surface area contributed by atoms with Gasteiger partial charge >= 0.3 is 0 Å². The van der Waals surface area contributed by atoms with Gasteiger partial charge in [-0.15, -0.1) is 0 Å². The average molecular weight is 488 g/mol. The molecule has 0 aliphatic carbocycles. The van der Waals surface area contributed by atoms with Crippen LogP contribution >= 0.6 is 0 Å². The summed E-state index contributed by atoms with van der Waals surface area (Å²) in [6.45, 7) is 5.79. The zero-order valence-electron chi connectivity index (χ0n) is 24.8. The highest BCUT2D eigenvalue weighted by Gasteiger charge is 2.09. The third-order valence-corrected chi connectivity index (χ3v) is 7.15. The fourth-order valence-corrected chi connectivity index (χ4v) is 4.75. The van der Waals surface area contributed by atoms with Crippen LogP contribution in [0.2, 0.25) is 0 Å². The molecular formula is C34H65N. The maximum Gasteiger partial charge on any atom is -0.00222 e. The van der Waals surface area contributed by atoms with E-state index in [1.54, 1.807) is 0 Å². The SMILES string of the molecule is CCC/C=C/CCCCC(CCCCCCCCCC/C=C\C/C=C\CCCCC)CCN(C)C. The first kappa shape index (κ1) is 34.2. The quantitative estimate of drug-likeness (QED) is 0.0822. The van der Waals surface area contributed by atoms with Crippen molar-refractivity contribution >= 4 is 0 Å². The molecule has 1 heteroatoms. The lowest BCUT2D eigenvalue weighted by Gasteiger charge is -2.19. The highest BCUT2D eigenvalue weighted by Crippen LogP contribution is 2.22. The van der Waals surface area contributed by atoms with Gasteiger partial charge in [0.1, 0.15) is 0 Å². The van der Waals surface area contributed by atoms with Gasteiger partial charge in [-0.05, 0) is 84.3 Å². The second-order valence-corrected chi connectivity index (χ2v) is 11.1. The Labute approximate surface area is 222 Å². The molecule has 0 amide bonds. The molecule has 206 valence electrons. The van der Waals surface area contributed by atoms with Crippen LogP contribution in [-0.4, -0.2) is 25.5 Å². The number of hydrogen-bond acceptors (Lipinski definition) is 1. The van der Waals surface area contributed by atoms with E-state index in [-0.39, 0.29) is 0 Å². The van der Waals surface area contributed by atoms with Gasteiger partial charge in [-0.3, -0.25) is 0 Å². The molecule has 0 rings (SSSR count). The van der Waals surface area contributed by atoms with Crippen LogP contribution in [0.4, 0.5) is 0 Å². The van der Waals surface area contributed by atoms with Gasteiger partial charge in [0, 0.05) is 0 Å². The molecule has 0 saturated heterocycles. The summed E-state index contributed by atoms with van der Waals surface area (Å²) in [4.78, 5) is 2.36. The molecule has 0 radical (unpaired) electrons. The first-order chi connectivity index (χ1) is 17.2. The summed E-state index contributed by atoms with van der Waals surface area (Å²) in [7, 11) is 4.44. The molecular weight excluding hydrogens is 422 g/mol. The van der Waals surface area contributed by atoms with E-state index in [1.165, 1.54) is 141 Å². The van der Waals surface area contributed by atoms with Gasteiger partial charge in [-0.25, -0.2) is 0 Å². The van der Waals surface area contributed by atoms with E-state index in [4.69, 9.17) is 0 Å². The van der Waals surface area contributed by atoms with Crippen molar-refractivity contribution in [1.29, 1.82) is 0 Å². The predicted octanol–water partition coefficient (Wildman–Crippen LogP) is 11.5. The molecule has 0 spiro atoms. The summed E-state index contributed by atoms with van der Waals surface area (Å²) in [5, 5.41) is 0. The zero-order chi connectivity index (χ0) is 25.7. The van der Waals surface area contributed by atoms with Gasteiger partial charge in [-0.2, -0.15) is 0 Å². The van der Waals surface area contributed by atoms with Crippen molar-refractivity contribution in [2.45, 2.75) is 155 Å². The van der Waals surface area contributed by atoms with Crippen LogP contribution in [0.1, 0.15) is 155 Å². The Hall–Kier alpha value is -0.820. The van der Waals surface area contributed by atoms with Crippen molar-refractivity contribution in [3.05, 3.63) is 36.5 Å². The highest BCUT2D eigenvalue weighted by atomic mass is 15.0. The van der Waals surface area contributed by atoms with Gasteiger partial charge in [0.25, 0.3) is 0 Å². The molecule has 0 aromatic heterocycles. The lowest BCUT2D eigenvalue weighted by Crippen LogP contribution is -2.17. The van der Waals surface area contributed by atoms with Crippen molar-refractivity contribution in [3.63, 3.8) is 0 Å². The number of rotatable bonds is 27. The highest BCUT2D eigenvalue weighted by molar-refractivity contribution is 4.92. The normalized spacial score (nSPS) is 13.3. The van der Waals surface area contributed by atoms with E-state index >= 15 is 0 Å². The molecule has 0 aliphatic rings. The van der Waals surface area contributed by atoms with E-state index in [0.717, 1.165) is 12.3 Å². The molecule has 1 nitrogen and oxygen atoms in total. The van der Waals surface area contributed by atoms with Crippen molar-refractivity contribution in [1.82, 2.24) is 4.90 Å². The third-order valence-electron chi connectivity index (χ3n) is 7.15. The van der Waals surface area contributed by atoms with Gasteiger partial charge in [-0.1, -0.05) is 134 Å². The van der Waals surface area contributed by atoms with Crippen LogP contribution in [0.15, 0.2) is 36.5 Å². The van der Waals surface area contributed by atoms with Gasteiger partial charge in [0.2, 0.25) is 0 Å². The second kappa shape index (κ2) is 29.4. The monoisotopic (exact) mass is 488 g/mol. The largest absolute Gasteiger partial charge is 0.309 e. The lowest BCUT2D eigenvalue weighted by molar-refractivity contribution is 0.315. The maximum atomic E-state index is 2.41. The van der Waals surface area contributed by atoms with Crippen LogP contribution < -0.4 is 0 Å². The van der Waals surface area contributed by atoms with E-state index in [9.17, 15) is 0 Å². The van der Waals surface area contributed by atoms with Crippen molar-refractivity contribution < 1.29 is 0 Å². The van der Waals surface area contributed by atoms with Crippen molar-refractivity contribution in [2.24, 2.45) is 5.92 Å². The van der Waals surface area contributed by atoms with Gasteiger partial charge in [0.15, 0.2) is 0 Å². The molecule has 0 heterocycles. The lowest BCUT2D eigenvalue weighted by atomic mass is 9.91. The second-order valence-electron chi connectivity index (χ2n) is 11.1. The van der Waals surface area contributed by atoms with E-state index in [0.29, 0.717) is 0 Å². The summed E-state index contributed by atoms with van der Waals surface area (Å²) in [6.07, 6.45) is 44.3. The zero-order valence-corrected chi connectivity index (χ0v) is 24.8. The van der Waals surface area contributed by atoms with Gasteiger partial charge < -0.3 is 4.90 Å². The fourth-order valence-electron chi connectivity index (χ4n) is 4.75. The first-order valence-electron chi connectivity index (χ1n) is 15.8. The van der Waals surface area contributed by atoms with Crippen molar-refractivity contribution in [2.75, 3.05) is 20.6 Å². The Kier molecular flexibility index (Phi) is 28.7. The van der Waals surface area contributed by atoms with Crippen LogP contribution in [0.5, 0.6) is 0 Å². The minimum atomic E-state index is 0.946. The average Bonchev–Trinajstić information content (AvgIpc) is 2.85. The van der Waals surface area contributed by atoms with Crippen LogP contribution in [-0.2, 0) is 0 Å². The Morgan fingerprint density at radius 1 is 0.457 bits per heavy atom. The standard InChI is InChI=1S/C34H65N/c1-5-7-9-11-13-14-15-16-17-18-19-20-21-22-23-25-27-29-31-34(32-33-35(3)4)30-28-26-24-12-10-8-6-2/h10,12-14,16-17,34H,5-9,11,15,18-33H2,1-4H3/b12-10+,14-13-,17-16-. The molecule has 0 aromatic carbocycles. The third kappa shape index (κ3) is 29.3. The minimum absolute atomic E-state index is 0.946. The molecule has 0 saturated carbocycles. The summed E-state index contributed by atoms with van der Waals surface area (Å²) in [5.74, 6) is 0.946. The molecule has 0 aromatic rings. The molecule has 0 fully saturated rings. The predicted molar refractivity (Wildman–Crippen MR) is 162 cm³/mol. The van der Waals surface area contributed by atoms with Crippen LogP contribution in [0.25, 0.3) is 0 Å². The Balaban J connectivity index is 3.62. The molecule has 0 aliphatic heterocycles. The Bertz CT molecular complexity index is 473. The van der Waals surface area contributed by atoms with E-state index in [2.05, 4.69) is 69.3 Å². The van der Waals surface area contributed by atoms with Crippen molar-refractivity contribution in [3.8, 4) is 0 Å². The summed E-state index contributed by atoms with van der Waals surface area (Å²) >= 11 is 0. The molecule has 0 bridgehead atoms. The first-order valence-corrected chi connectivity index (χ1v) is 15.8. The summed E-state index contributed by atoms with van der Waals surface area (Å²) < 4.78 is 0. The van der Waals surface area contributed by atoms with Crippen LogP contribution in [0, 0.1) is 5.92 Å². The number of unbranched alkanes of at least 4 members (excludes halogenated alkanes) is 14. The van der Waals surface area contributed by atoms with Gasteiger partial charge in [0.05, 0.1) is 0 Å². The topological polar surface area (TPSA) is 3.24 Å². The molecule has 1 unspecified atom stereocenters. The maximum absolute atomic E-state index is 2.41. The Morgan fingerprint density at radius 2 is 0.914 bits per heavy atom. The van der Waals surface area contributed by atoms with E-state index in [1.807, 2.05) is 0 Å². The molecule has 1 atom stereocenters. The fraction of sp³-hybridized carbons (Fsp3) is 0.824. The smallest absolute Gasteiger partial charge is 0.00222 e. The van der Waals surface area contributed by atoms with Crippen LogP contribution in [0.3, 0.4) is 0 Å².